The van der Waals surface area contributed by atoms with Crippen molar-refractivity contribution in [3.63, 3.8) is 0 Å². The summed E-state index contributed by atoms with van der Waals surface area (Å²) in [6.45, 7) is 3.79. The van der Waals surface area contributed by atoms with Crippen LogP contribution in [0.2, 0.25) is 0 Å². The van der Waals surface area contributed by atoms with Gasteiger partial charge in [-0.25, -0.2) is 19.7 Å². The van der Waals surface area contributed by atoms with Gasteiger partial charge in [0.15, 0.2) is 18.1 Å². The van der Waals surface area contributed by atoms with E-state index in [9.17, 15) is 10.1 Å². The number of aromatic nitrogens is 4. The number of hydrogen-bond acceptors (Lipinski definition) is 11. The highest BCUT2D eigenvalue weighted by Crippen LogP contribution is 2.46. The van der Waals surface area contributed by atoms with Crippen LogP contribution in [0.15, 0.2) is 42.7 Å². The van der Waals surface area contributed by atoms with Crippen molar-refractivity contribution in [1.29, 1.82) is 5.26 Å². The molecule has 0 saturated heterocycles. The number of ether oxygens (including phenoxy) is 4. The largest absolute Gasteiger partial charge is 0.480 e. The molecule has 1 atom stereocenters. The van der Waals surface area contributed by atoms with E-state index in [2.05, 4.69) is 21.0 Å². The summed E-state index contributed by atoms with van der Waals surface area (Å²) in [5.74, 6) is 1.32. The van der Waals surface area contributed by atoms with Crippen LogP contribution in [0.1, 0.15) is 16.8 Å². The fourth-order valence-electron chi connectivity index (χ4n) is 4.30. The number of pyridine rings is 1. The number of carbonyl (C=O) groups is 1. The number of aryl methyl sites for hydroxylation is 2. The van der Waals surface area contributed by atoms with Crippen molar-refractivity contribution in [3.8, 4) is 34.0 Å². The van der Waals surface area contributed by atoms with Crippen LogP contribution in [0.5, 0.6) is 17.4 Å². The maximum absolute atomic E-state index is 12.7. The van der Waals surface area contributed by atoms with Gasteiger partial charge in [0.2, 0.25) is 5.88 Å². The van der Waals surface area contributed by atoms with Crippen LogP contribution in [-0.4, -0.2) is 53.1 Å². The molecule has 0 radical (unpaired) electrons. The van der Waals surface area contributed by atoms with E-state index in [1.54, 1.807) is 31.4 Å². The Balaban J connectivity index is 1.31. The predicted molar refractivity (Wildman–Crippen MR) is 148 cm³/mol. The Bertz CT molecular complexity index is 1830. The number of fused-ring (bicyclic) bond motifs is 4. The van der Waals surface area contributed by atoms with Gasteiger partial charge in [-0.05, 0) is 49.7 Å². The third-order valence-electron chi connectivity index (χ3n) is 6.38. The minimum Gasteiger partial charge on any atom is -0.480 e. The number of thiazole rings is 1. The summed E-state index contributed by atoms with van der Waals surface area (Å²) in [5.41, 5.74) is 5.26. The molecule has 5 aromatic rings. The maximum atomic E-state index is 12.7. The van der Waals surface area contributed by atoms with Crippen molar-refractivity contribution in [2.24, 2.45) is 0 Å². The summed E-state index contributed by atoms with van der Waals surface area (Å²) < 4.78 is 23.6. The second-order valence-corrected chi connectivity index (χ2v) is 10.1. The molecule has 1 aliphatic rings. The molecule has 200 valence electrons. The van der Waals surface area contributed by atoms with E-state index in [-0.39, 0.29) is 6.61 Å². The molecular formula is C28H22N6O5S. The van der Waals surface area contributed by atoms with Crippen LogP contribution in [-0.2, 0) is 4.74 Å². The Labute approximate surface area is 232 Å². The second kappa shape index (κ2) is 9.94. The summed E-state index contributed by atoms with van der Waals surface area (Å²) in [6.07, 6.45) is 1.60. The van der Waals surface area contributed by atoms with E-state index in [1.807, 2.05) is 26.0 Å². The number of carbonyl (C=O) groups excluding carboxylic acids is 1. The molecule has 6 rings (SSSR count). The Morgan fingerprint density at radius 3 is 2.75 bits per heavy atom. The van der Waals surface area contributed by atoms with Crippen LogP contribution < -0.4 is 19.1 Å². The standard InChI is InChI=1S/C28H22N6O5S/c1-14-7-20-25(37-13-22(38-20)39-28(35)34(3)17-6-5-15(2)30-11-17)26-23(14)33-27(40-26)18-8-16(10-29)9-19-24(18)31-12-21(32-19)36-4/h5-9,11-12,22H,13H2,1-4H3/t22-/m1/s1. The van der Waals surface area contributed by atoms with Crippen LogP contribution in [0.3, 0.4) is 0 Å². The number of hydrogen-bond donors (Lipinski definition) is 0. The van der Waals surface area contributed by atoms with Crippen molar-refractivity contribution >= 4 is 44.4 Å². The Kier molecular flexibility index (Phi) is 6.28. The number of amides is 1. The summed E-state index contributed by atoms with van der Waals surface area (Å²) in [4.78, 5) is 32.1. The molecule has 1 aliphatic heterocycles. The van der Waals surface area contributed by atoms with Gasteiger partial charge in [0.1, 0.15) is 9.71 Å². The minimum absolute atomic E-state index is 0.00222. The van der Waals surface area contributed by atoms with Crippen molar-refractivity contribution in [3.05, 3.63) is 59.5 Å². The predicted octanol–water partition coefficient (Wildman–Crippen LogP) is 5.17. The van der Waals surface area contributed by atoms with Gasteiger partial charge in [0.05, 0.1) is 53.4 Å². The van der Waals surface area contributed by atoms with E-state index in [1.165, 1.54) is 29.5 Å². The normalized spacial score (nSPS) is 14.1. The zero-order valence-corrected chi connectivity index (χ0v) is 22.8. The van der Waals surface area contributed by atoms with Gasteiger partial charge in [-0.2, -0.15) is 5.26 Å². The summed E-state index contributed by atoms with van der Waals surface area (Å²) >= 11 is 1.39. The molecule has 11 nitrogen and oxygen atoms in total. The van der Waals surface area contributed by atoms with Crippen LogP contribution >= 0.6 is 11.3 Å². The topological polar surface area (TPSA) is 133 Å². The smallest absolute Gasteiger partial charge is 0.417 e. The van der Waals surface area contributed by atoms with Crippen molar-refractivity contribution in [1.82, 2.24) is 19.9 Å². The highest BCUT2D eigenvalue weighted by Gasteiger charge is 2.30. The molecule has 12 heteroatoms. The molecule has 0 aliphatic carbocycles. The second-order valence-electron chi connectivity index (χ2n) is 9.09. The van der Waals surface area contributed by atoms with Crippen LogP contribution in [0.4, 0.5) is 10.5 Å². The zero-order chi connectivity index (χ0) is 28.0. The number of anilines is 1. The molecule has 0 bridgehead atoms. The van der Waals surface area contributed by atoms with E-state index in [0.717, 1.165) is 21.5 Å². The van der Waals surface area contributed by atoms with Gasteiger partial charge < -0.3 is 18.9 Å². The van der Waals surface area contributed by atoms with E-state index in [4.69, 9.17) is 23.9 Å². The maximum Gasteiger partial charge on any atom is 0.417 e. The first-order chi connectivity index (χ1) is 19.3. The molecule has 2 aromatic carbocycles. The lowest BCUT2D eigenvalue weighted by molar-refractivity contribution is -0.0718. The summed E-state index contributed by atoms with van der Waals surface area (Å²) in [6, 6.07) is 11.0. The Morgan fingerprint density at radius 2 is 2.00 bits per heavy atom. The molecule has 40 heavy (non-hydrogen) atoms. The molecule has 1 amide bonds. The minimum atomic E-state index is -0.938. The lowest BCUT2D eigenvalue weighted by Gasteiger charge is -2.28. The van der Waals surface area contributed by atoms with Gasteiger partial charge >= 0.3 is 6.09 Å². The lowest BCUT2D eigenvalue weighted by atomic mass is 10.1. The average Bonchev–Trinajstić information content (AvgIpc) is 3.42. The van der Waals surface area contributed by atoms with Crippen LogP contribution in [0, 0.1) is 25.2 Å². The monoisotopic (exact) mass is 554 g/mol. The van der Waals surface area contributed by atoms with Gasteiger partial charge in [-0.15, -0.1) is 11.3 Å². The molecule has 4 heterocycles. The Morgan fingerprint density at radius 1 is 1.15 bits per heavy atom. The zero-order valence-electron chi connectivity index (χ0n) is 22.0. The highest BCUT2D eigenvalue weighted by molar-refractivity contribution is 7.22. The molecule has 0 N–H and O–H groups in total. The SMILES string of the molecule is COc1cnc2c(-c3nc4c(C)cc5c(c4s3)OC[C@@H](OC(=O)N(C)c3ccc(C)nc3)O5)cc(C#N)cc2n1. The van der Waals surface area contributed by atoms with Gasteiger partial charge in [0, 0.05) is 18.3 Å². The fourth-order valence-corrected chi connectivity index (χ4v) is 5.45. The van der Waals surface area contributed by atoms with Gasteiger partial charge in [-0.3, -0.25) is 9.88 Å². The number of rotatable bonds is 4. The summed E-state index contributed by atoms with van der Waals surface area (Å²) in [7, 11) is 3.11. The molecule has 3 aromatic heterocycles. The van der Waals surface area contributed by atoms with Gasteiger partial charge in [0.25, 0.3) is 6.29 Å². The first-order valence-corrected chi connectivity index (χ1v) is 13.0. The van der Waals surface area contributed by atoms with E-state index in [0.29, 0.717) is 50.2 Å². The quantitative estimate of drug-likeness (QED) is 0.293. The molecule has 0 unspecified atom stereocenters. The average molecular weight is 555 g/mol. The highest BCUT2D eigenvalue weighted by atomic mass is 32.1. The van der Waals surface area contributed by atoms with Gasteiger partial charge in [-0.1, -0.05) is 0 Å². The molecule has 0 spiro atoms. The third-order valence-corrected chi connectivity index (χ3v) is 7.47. The number of nitriles is 1. The third kappa shape index (κ3) is 4.46. The summed E-state index contributed by atoms with van der Waals surface area (Å²) in [5, 5.41) is 10.3. The number of methoxy groups -OCH3 is 1. The lowest BCUT2D eigenvalue weighted by Crippen LogP contribution is -2.38. The van der Waals surface area contributed by atoms with Crippen molar-refractivity contribution in [2.75, 3.05) is 25.7 Å². The Hall–Kier alpha value is -5.02. The van der Waals surface area contributed by atoms with Crippen molar-refractivity contribution < 1.29 is 23.7 Å². The van der Waals surface area contributed by atoms with E-state index < -0.39 is 12.4 Å². The van der Waals surface area contributed by atoms with Crippen LogP contribution in [0.25, 0.3) is 31.8 Å². The first-order valence-electron chi connectivity index (χ1n) is 12.2. The van der Waals surface area contributed by atoms with E-state index >= 15 is 0 Å². The number of benzene rings is 2. The molecule has 0 saturated carbocycles. The molecular weight excluding hydrogens is 532 g/mol. The fraction of sp³-hybridized carbons (Fsp3) is 0.214. The van der Waals surface area contributed by atoms with Crippen molar-refractivity contribution in [2.45, 2.75) is 20.1 Å². The first kappa shape index (κ1) is 25.3. The number of nitrogens with zero attached hydrogens (tertiary/aromatic N) is 6. The molecule has 0 fully saturated rings.